The predicted octanol–water partition coefficient (Wildman–Crippen LogP) is 3.04. The molecule has 1 atom stereocenters. The van der Waals surface area contributed by atoms with Gasteiger partial charge >= 0.3 is 5.97 Å². The van der Waals surface area contributed by atoms with E-state index in [1.165, 1.54) is 24.3 Å². The molecule has 1 aliphatic carbocycles. The molecule has 2 rings (SSSR count). The minimum Gasteiger partial charge on any atom is -0.481 e. The lowest BCUT2D eigenvalue weighted by Gasteiger charge is -2.20. The number of carbonyl (C=O) groups excluding carboxylic acids is 1. The van der Waals surface area contributed by atoms with Gasteiger partial charge in [0.1, 0.15) is 5.82 Å². The summed E-state index contributed by atoms with van der Waals surface area (Å²) >= 11 is 3.21. The maximum atomic E-state index is 13.8. The van der Waals surface area contributed by atoms with Gasteiger partial charge in [-0.1, -0.05) is 15.9 Å². The molecule has 0 saturated heterocycles. The summed E-state index contributed by atoms with van der Waals surface area (Å²) in [7, 11) is 0. The molecule has 94 valence electrons. The molecule has 5 heteroatoms. The number of rotatable bonds is 2. The van der Waals surface area contributed by atoms with Crippen molar-refractivity contribution >= 4 is 33.3 Å². The van der Waals surface area contributed by atoms with Crippen molar-refractivity contribution < 1.29 is 19.1 Å². The molecule has 0 aromatic heterocycles. The van der Waals surface area contributed by atoms with E-state index in [2.05, 4.69) is 15.9 Å². The predicted molar refractivity (Wildman–Crippen MR) is 67.4 cm³/mol. The van der Waals surface area contributed by atoms with E-state index < -0.39 is 17.7 Å². The highest BCUT2D eigenvalue weighted by Crippen LogP contribution is 2.34. The first-order valence-corrected chi connectivity index (χ1v) is 6.21. The van der Waals surface area contributed by atoms with Crippen LogP contribution in [0.15, 0.2) is 28.7 Å². The average Bonchev–Trinajstić information content (AvgIpc) is 2.31. The summed E-state index contributed by atoms with van der Waals surface area (Å²) in [6.45, 7) is 0. The number of halogens is 2. The van der Waals surface area contributed by atoms with Gasteiger partial charge in [-0.15, -0.1) is 0 Å². The highest BCUT2D eigenvalue weighted by molar-refractivity contribution is 9.10. The smallest absolute Gasteiger partial charge is 0.311 e. The third-order valence-electron chi connectivity index (χ3n) is 2.91. The SMILES string of the molecule is O=C1C=C(c2cc(Br)ccc2F)C(C(=O)O)CC1. The number of carbonyl (C=O) groups is 2. The molecule has 1 unspecified atom stereocenters. The maximum Gasteiger partial charge on any atom is 0.311 e. The summed E-state index contributed by atoms with van der Waals surface area (Å²) < 4.78 is 14.4. The molecular formula is C13H10BrFO3. The fourth-order valence-corrected chi connectivity index (χ4v) is 2.39. The van der Waals surface area contributed by atoms with Crippen molar-refractivity contribution in [1.82, 2.24) is 0 Å². The van der Waals surface area contributed by atoms with Crippen LogP contribution in [0.1, 0.15) is 18.4 Å². The summed E-state index contributed by atoms with van der Waals surface area (Å²) in [5.41, 5.74) is 0.419. The van der Waals surface area contributed by atoms with E-state index >= 15 is 0 Å². The number of hydrogen-bond donors (Lipinski definition) is 1. The Kier molecular flexibility index (Phi) is 3.61. The molecule has 1 aliphatic rings. The summed E-state index contributed by atoms with van der Waals surface area (Å²) in [6.07, 6.45) is 1.65. The normalized spacial score (nSPS) is 19.6. The van der Waals surface area contributed by atoms with Gasteiger partial charge in [-0.05, 0) is 36.3 Å². The van der Waals surface area contributed by atoms with Crippen molar-refractivity contribution in [2.45, 2.75) is 12.8 Å². The van der Waals surface area contributed by atoms with E-state index in [1.807, 2.05) is 0 Å². The standard InChI is InChI=1S/C13H10BrFO3/c14-7-1-4-12(15)11(5-7)10-6-8(16)2-3-9(10)13(17)18/h1,4-6,9H,2-3H2,(H,17,18). The largest absolute Gasteiger partial charge is 0.481 e. The van der Waals surface area contributed by atoms with E-state index in [4.69, 9.17) is 5.11 Å². The second kappa shape index (κ2) is 5.02. The lowest BCUT2D eigenvalue weighted by Crippen LogP contribution is -2.21. The zero-order chi connectivity index (χ0) is 13.3. The van der Waals surface area contributed by atoms with Gasteiger partial charge < -0.3 is 5.11 Å². The average molecular weight is 313 g/mol. The Hall–Kier alpha value is -1.49. The Morgan fingerprint density at radius 2 is 2.17 bits per heavy atom. The van der Waals surface area contributed by atoms with Gasteiger partial charge in [0.05, 0.1) is 5.92 Å². The molecule has 0 spiro atoms. The Morgan fingerprint density at radius 3 is 2.83 bits per heavy atom. The molecule has 0 saturated carbocycles. The van der Waals surface area contributed by atoms with Crippen LogP contribution >= 0.6 is 15.9 Å². The van der Waals surface area contributed by atoms with Crippen LogP contribution in [0.25, 0.3) is 5.57 Å². The number of aliphatic carboxylic acids is 1. The van der Waals surface area contributed by atoms with Crippen molar-refractivity contribution in [1.29, 1.82) is 0 Å². The van der Waals surface area contributed by atoms with E-state index in [1.54, 1.807) is 0 Å². The van der Waals surface area contributed by atoms with Gasteiger partial charge in [-0.3, -0.25) is 9.59 Å². The zero-order valence-electron chi connectivity index (χ0n) is 9.32. The first kappa shape index (κ1) is 13.0. The van der Waals surface area contributed by atoms with E-state index in [0.29, 0.717) is 4.47 Å². The first-order chi connectivity index (χ1) is 8.49. The first-order valence-electron chi connectivity index (χ1n) is 5.41. The number of benzene rings is 1. The van der Waals surface area contributed by atoms with Crippen molar-refractivity contribution in [2.24, 2.45) is 5.92 Å². The van der Waals surface area contributed by atoms with Crippen molar-refractivity contribution in [3.63, 3.8) is 0 Å². The van der Waals surface area contributed by atoms with Gasteiger partial charge in [-0.2, -0.15) is 0 Å². The highest BCUT2D eigenvalue weighted by Gasteiger charge is 2.29. The van der Waals surface area contributed by atoms with Crippen LogP contribution < -0.4 is 0 Å². The molecule has 18 heavy (non-hydrogen) atoms. The molecule has 0 heterocycles. The number of ketones is 1. The molecule has 0 aliphatic heterocycles. The summed E-state index contributed by atoms with van der Waals surface area (Å²) in [5, 5.41) is 9.13. The quantitative estimate of drug-likeness (QED) is 0.913. The van der Waals surface area contributed by atoms with Crippen molar-refractivity contribution in [3.05, 3.63) is 40.1 Å². The molecule has 3 nitrogen and oxygen atoms in total. The Labute approximate surface area is 111 Å². The fraction of sp³-hybridized carbons (Fsp3) is 0.231. The second-order valence-electron chi connectivity index (χ2n) is 4.12. The molecule has 1 N–H and O–H groups in total. The summed E-state index contributed by atoms with van der Waals surface area (Å²) in [6, 6.07) is 4.27. The van der Waals surface area contributed by atoms with Crippen LogP contribution in [0, 0.1) is 11.7 Å². The highest BCUT2D eigenvalue weighted by atomic mass is 79.9. The van der Waals surface area contributed by atoms with Crippen LogP contribution in [-0.2, 0) is 9.59 Å². The Morgan fingerprint density at radius 1 is 1.44 bits per heavy atom. The van der Waals surface area contributed by atoms with Crippen LogP contribution in [0.2, 0.25) is 0 Å². The van der Waals surface area contributed by atoms with Crippen molar-refractivity contribution in [3.8, 4) is 0 Å². The van der Waals surface area contributed by atoms with Crippen LogP contribution in [0.5, 0.6) is 0 Å². The topological polar surface area (TPSA) is 54.4 Å². The Bertz CT molecular complexity index is 551. The molecular weight excluding hydrogens is 303 g/mol. The number of carboxylic acids is 1. The molecule has 0 bridgehead atoms. The molecule has 0 amide bonds. The number of carboxylic acid groups (broad SMARTS) is 1. The monoisotopic (exact) mass is 312 g/mol. The third kappa shape index (κ3) is 2.51. The van der Waals surface area contributed by atoms with Crippen LogP contribution in [0.3, 0.4) is 0 Å². The van der Waals surface area contributed by atoms with Gasteiger partial charge in [0.15, 0.2) is 5.78 Å². The lowest BCUT2D eigenvalue weighted by atomic mass is 9.83. The Balaban J connectivity index is 2.54. The molecule has 0 radical (unpaired) electrons. The fourth-order valence-electron chi connectivity index (χ4n) is 2.03. The molecule has 0 fully saturated rings. The number of allylic oxidation sites excluding steroid dienone is 1. The van der Waals surface area contributed by atoms with Crippen LogP contribution in [0.4, 0.5) is 4.39 Å². The lowest BCUT2D eigenvalue weighted by molar-refractivity contribution is -0.140. The minimum atomic E-state index is -1.03. The summed E-state index contributed by atoms with van der Waals surface area (Å²) in [4.78, 5) is 22.6. The van der Waals surface area contributed by atoms with Gasteiger partial charge in [-0.25, -0.2) is 4.39 Å². The zero-order valence-corrected chi connectivity index (χ0v) is 10.9. The maximum absolute atomic E-state index is 13.8. The van der Waals surface area contributed by atoms with Gasteiger partial charge in [0, 0.05) is 16.5 Å². The molecule has 1 aromatic rings. The van der Waals surface area contributed by atoms with E-state index in [0.717, 1.165) is 0 Å². The van der Waals surface area contributed by atoms with E-state index in [9.17, 15) is 14.0 Å². The van der Waals surface area contributed by atoms with E-state index in [-0.39, 0.29) is 29.8 Å². The third-order valence-corrected chi connectivity index (χ3v) is 3.40. The van der Waals surface area contributed by atoms with Gasteiger partial charge in [0.25, 0.3) is 0 Å². The van der Waals surface area contributed by atoms with Crippen molar-refractivity contribution in [2.75, 3.05) is 0 Å². The van der Waals surface area contributed by atoms with Gasteiger partial charge in [0.2, 0.25) is 0 Å². The minimum absolute atomic E-state index is 0.165. The summed E-state index contributed by atoms with van der Waals surface area (Å²) in [5.74, 6) is -2.55. The second-order valence-corrected chi connectivity index (χ2v) is 5.04. The number of hydrogen-bond acceptors (Lipinski definition) is 2. The van der Waals surface area contributed by atoms with Crippen LogP contribution in [-0.4, -0.2) is 16.9 Å². The molecule has 1 aromatic carbocycles.